The molecule has 30 heavy (non-hydrogen) atoms. The van der Waals surface area contributed by atoms with Gasteiger partial charge in [-0.2, -0.15) is 0 Å². The van der Waals surface area contributed by atoms with Gasteiger partial charge in [0.15, 0.2) is 5.40 Å². The van der Waals surface area contributed by atoms with Crippen molar-refractivity contribution in [3.8, 4) is 0 Å². The molecule has 1 aromatic heterocycles. The number of aliphatic hydroxyl groups is 1. The lowest BCUT2D eigenvalue weighted by molar-refractivity contribution is -0.0448. The molecule has 0 amide bonds. The highest BCUT2D eigenvalue weighted by Crippen LogP contribution is 2.69. The van der Waals surface area contributed by atoms with E-state index in [1.807, 2.05) is 0 Å². The number of phosphoric acid groups is 1. The third kappa shape index (κ3) is 6.06. The van der Waals surface area contributed by atoms with Gasteiger partial charge in [-0.3, -0.25) is 28.0 Å². The van der Waals surface area contributed by atoms with Gasteiger partial charge in [0.2, 0.25) is 0 Å². The van der Waals surface area contributed by atoms with Crippen molar-refractivity contribution in [2.75, 3.05) is 6.61 Å². The molecule has 15 nitrogen and oxygen atoms in total. The first-order valence-electron chi connectivity index (χ1n) is 8.25. The normalized spacial score (nSPS) is 27.4. The van der Waals surface area contributed by atoms with Gasteiger partial charge in [-0.25, -0.2) is 13.7 Å². The van der Waals surface area contributed by atoms with Crippen molar-refractivity contribution >= 4 is 23.0 Å². The largest absolute Gasteiger partial charge is 0.479 e. The Labute approximate surface area is 168 Å². The van der Waals surface area contributed by atoms with E-state index in [9.17, 15) is 38.2 Å². The number of ether oxygens (including phenoxy) is 1. The summed E-state index contributed by atoms with van der Waals surface area (Å²) in [7, 11) is -15.7. The maximum Gasteiger partial charge on any atom is 0.479 e. The number of rotatable bonds is 8. The number of nitrogens with one attached hydrogen (secondary N) is 1. The lowest BCUT2D eigenvalue weighted by Crippen LogP contribution is -2.33. The fourth-order valence-electron chi connectivity index (χ4n) is 2.43. The molecule has 2 rings (SSSR count). The molecule has 0 bridgehead atoms. The molecule has 2 heterocycles. The third-order valence-electron chi connectivity index (χ3n) is 4.24. The Morgan fingerprint density at radius 3 is 2.43 bits per heavy atom. The average molecular weight is 494 g/mol. The third-order valence-corrected chi connectivity index (χ3v) is 10.2. The molecule has 0 aliphatic carbocycles. The second kappa shape index (κ2) is 8.89. The molecule has 1 saturated heterocycles. The van der Waals surface area contributed by atoms with Crippen LogP contribution < -0.4 is 11.2 Å². The number of aryl methyl sites for hydroxylation is 1. The molecule has 0 spiro atoms. The van der Waals surface area contributed by atoms with Crippen LogP contribution in [0.4, 0.5) is 0 Å². The molecule has 1 aliphatic rings. The summed E-state index contributed by atoms with van der Waals surface area (Å²) >= 11 is 0. The molecular formula is C12H21N2O13P3. The predicted octanol–water partition coefficient (Wildman–Crippen LogP) is -0.664. The lowest BCUT2D eigenvalue weighted by atomic mass is 10.2. The highest BCUT2D eigenvalue weighted by Gasteiger charge is 2.47. The van der Waals surface area contributed by atoms with Gasteiger partial charge in [0.25, 0.3) is 5.56 Å². The Hall–Kier alpha value is -0.950. The molecule has 0 aromatic carbocycles. The number of nitrogens with zero attached hydrogens (tertiary/aromatic N) is 1. The van der Waals surface area contributed by atoms with Crippen molar-refractivity contribution in [2.24, 2.45) is 0 Å². The summed E-state index contributed by atoms with van der Waals surface area (Å²) < 4.78 is 49.8. The summed E-state index contributed by atoms with van der Waals surface area (Å²) in [6.45, 7) is 1.26. The van der Waals surface area contributed by atoms with Crippen LogP contribution in [-0.4, -0.2) is 58.4 Å². The van der Waals surface area contributed by atoms with Gasteiger partial charge in [0.05, 0.1) is 12.7 Å². The van der Waals surface area contributed by atoms with E-state index in [2.05, 4.69) is 13.8 Å². The van der Waals surface area contributed by atoms with E-state index in [0.717, 1.165) is 4.57 Å². The highest BCUT2D eigenvalue weighted by atomic mass is 31.3. The summed E-state index contributed by atoms with van der Waals surface area (Å²) in [6, 6.07) is 0. The smallest absolute Gasteiger partial charge is 0.390 e. The van der Waals surface area contributed by atoms with E-state index in [4.69, 9.17) is 14.5 Å². The quantitative estimate of drug-likeness (QED) is 0.246. The molecule has 1 fully saturated rings. The van der Waals surface area contributed by atoms with Crippen LogP contribution >= 0.6 is 23.0 Å². The zero-order valence-electron chi connectivity index (χ0n) is 15.6. The van der Waals surface area contributed by atoms with Gasteiger partial charge in [-0.05, 0) is 13.8 Å². The number of aromatic nitrogens is 2. The van der Waals surface area contributed by atoms with Crippen LogP contribution in [0.15, 0.2) is 15.8 Å². The number of aromatic amines is 1. The van der Waals surface area contributed by atoms with Gasteiger partial charge in [0.1, 0.15) is 12.3 Å². The molecule has 1 aliphatic heterocycles. The van der Waals surface area contributed by atoms with Gasteiger partial charge >= 0.3 is 28.7 Å². The summed E-state index contributed by atoms with van der Waals surface area (Å²) in [6.07, 6.45) is -2.55. The standard InChI is InChI=1S/C12H21N2O13P3/c1-6-4-14(12(17)13-11(6)16)10-3-8(15)9(26-10)5-25-30(23,24)27-29(21,22)7(2)28(18,19)20/h4,7-10,15H,3,5H2,1-2H3,(H,21,22)(H,23,24)(H,13,16,17)(H2,18,19,20)/t7-,8-,9+,10+/m0/s1. The van der Waals surface area contributed by atoms with E-state index in [1.165, 1.54) is 13.1 Å². The average Bonchev–Trinajstić information content (AvgIpc) is 2.94. The van der Waals surface area contributed by atoms with Crippen molar-refractivity contribution in [2.45, 2.75) is 44.1 Å². The first kappa shape index (κ1) is 25.3. The fraction of sp³-hybridized carbons (Fsp3) is 0.667. The molecular weight excluding hydrogens is 473 g/mol. The first-order chi connectivity index (χ1) is 13.5. The minimum atomic E-state index is -5.30. The van der Waals surface area contributed by atoms with Crippen LogP contribution in [0.3, 0.4) is 0 Å². The molecule has 6 N–H and O–H groups in total. The van der Waals surface area contributed by atoms with E-state index < -0.39 is 64.7 Å². The van der Waals surface area contributed by atoms with E-state index >= 15 is 0 Å². The maximum atomic E-state index is 11.9. The highest BCUT2D eigenvalue weighted by molar-refractivity contribution is 7.74. The number of hydrogen-bond acceptors (Lipinski definition) is 9. The summed E-state index contributed by atoms with van der Waals surface area (Å²) in [5.41, 5.74) is -1.22. The molecule has 1 aromatic rings. The SMILES string of the molecule is Cc1cn([C@H]2C[C@H](O)[C@@H](COP(=O)(O)OP(=O)(O)[C@@H](C)P(=O)(O)O)O2)c(=O)[nH]c1=O. The monoisotopic (exact) mass is 494 g/mol. The minimum absolute atomic E-state index is 0.149. The summed E-state index contributed by atoms with van der Waals surface area (Å²) in [5.74, 6) is 0. The van der Waals surface area contributed by atoms with Crippen molar-refractivity contribution < 1.29 is 51.9 Å². The molecule has 172 valence electrons. The Balaban J connectivity index is 2.05. The van der Waals surface area contributed by atoms with Gasteiger partial charge in [-0.1, -0.05) is 0 Å². The van der Waals surface area contributed by atoms with Crippen LogP contribution in [0.25, 0.3) is 0 Å². The first-order valence-corrected chi connectivity index (χ1v) is 13.1. The minimum Gasteiger partial charge on any atom is -0.390 e. The predicted molar refractivity (Wildman–Crippen MR) is 98.8 cm³/mol. The topological polar surface area (TPSA) is 235 Å². The zero-order chi connectivity index (χ0) is 23.1. The fourth-order valence-corrected chi connectivity index (χ4v) is 6.59. The summed E-state index contributed by atoms with van der Waals surface area (Å²) in [4.78, 5) is 62.4. The van der Waals surface area contributed by atoms with Crippen molar-refractivity contribution in [1.29, 1.82) is 0 Å². The Morgan fingerprint density at radius 1 is 1.27 bits per heavy atom. The summed E-state index contributed by atoms with van der Waals surface area (Å²) in [5, 5.41) is 7.76. The number of phosphoric ester groups is 1. The van der Waals surface area contributed by atoms with Crippen LogP contribution in [0.1, 0.15) is 25.1 Å². The van der Waals surface area contributed by atoms with Gasteiger partial charge in [0, 0.05) is 18.2 Å². The van der Waals surface area contributed by atoms with Crippen molar-refractivity contribution in [3.63, 3.8) is 0 Å². The van der Waals surface area contributed by atoms with Crippen molar-refractivity contribution in [3.05, 3.63) is 32.6 Å². The van der Waals surface area contributed by atoms with Crippen LogP contribution in [-0.2, 0) is 27.3 Å². The molecule has 18 heteroatoms. The molecule has 0 radical (unpaired) electrons. The van der Waals surface area contributed by atoms with Crippen LogP contribution in [0.5, 0.6) is 0 Å². The van der Waals surface area contributed by atoms with Crippen LogP contribution in [0, 0.1) is 6.92 Å². The maximum absolute atomic E-state index is 11.9. The number of hydrogen-bond donors (Lipinski definition) is 6. The second-order valence-electron chi connectivity index (χ2n) is 6.54. The van der Waals surface area contributed by atoms with Crippen molar-refractivity contribution in [1.82, 2.24) is 9.55 Å². The number of H-pyrrole nitrogens is 1. The molecule has 2 unspecified atom stereocenters. The van der Waals surface area contributed by atoms with E-state index in [1.54, 1.807) is 0 Å². The molecule has 0 saturated carbocycles. The lowest BCUT2D eigenvalue weighted by Gasteiger charge is -2.23. The molecule has 6 atom stereocenters. The number of aliphatic hydroxyl groups excluding tert-OH is 1. The Bertz CT molecular complexity index is 1040. The van der Waals surface area contributed by atoms with E-state index in [0.29, 0.717) is 6.92 Å². The van der Waals surface area contributed by atoms with Gasteiger partial charge in [-0.15, -0.1) is 0 Å². The Kier molecular flexibility index (Phi) is 7.50. The second-order valence-corrected chi connectivity index (χ2v) is 12.7. The van der Waals surface area contributed by atoms with Crippen LogP contribution in [0.2, 0.25) is 0 Å². The van der Waals surface area contributed by atoms with Gasteiger partial charge < -0.3 is 29.4 Å². The Morgan fingerprint density at radius 2 is 1.87 bits per heavy atom. The zero-order valence-corrected chi connectivity index (χ0v) is 18.3. The van der Waals surface area contributed by atoms with E-state index in [-0.39, 0.29) is 12.0 Å².